The lowest BCUT2D eigenvalue weighted by atomic mass is 10.2. The molecule has 0 saturated heterocycles. The molecular weight excluding hydrogens is 214 g/mol. The fourth-order valence-electron chi connectivity index (χ4n) is 0.856. The molecule has 1 rings (SSSR count). The van der Waals surface area contributed by atoms with Crippen LogP contribution in [-0.2, 0) is 10.3 Å². The Bertz CT molecular complexity index is 434. The molecule has 0 aliphatic carbocycles. The summed E-state index contributed by atoms with van der Waals surface area (Å²) < 4.78 is 28.5. The Morgan fingerprint density at radius 1 is 1.27 bits per heavy atom. The quantitative estimate of drug-likeness (QED) is 0.783. The highest BCUT2D eigenvalue weighted by Gasteiger charge is 2.15. The molecule has 0 spiro atoms. The molecule has 1 aromatic carbocycles. The summed E-state index contributed by atoms with van der Waals surface area (Å²) in [5.74, 6) is 0.286. The average Bonchev–Trinajstić information content (AvgIpc) is 2.18. The van der Waals surface area contributed by atoms with Crippen molar-refractivity contribution in [2.24, 2.45) is 0 Å². The largest absolute Gasteiger partial charge is 0.384 e. The van der Waals surface area contributed by atoms with E-state index in [2.05, 4.69) is 6.58 Å². The Labute approximate surface area is 90.0 Å². The van der Waals surface area contributed by atoms with Crippen molar-refractivity contribution in [1.29, 1.82) is 0 Å². The average molecular weight is 227 g/mol. The summed E-state index contributed by atoms with van der Waals surface area (Å²) in [7, 11) is -0.843. The second-order valence-corrected chi connectivity index (χ2v) is 4.85. The molecule has 0 bridgehead atoms. The minimum atomic E-state index is -3.66. The second-order valence-electron chi connectivity index (χ2n) is 3.10. The van der Waals surface area contributed by atoms with Crippen LogP contribution in [0, 0.1) is 0 Å². The Morgan fingerprint density at radius 3 is 2.20 bits per heavy atom. The van der Waals surface area contributed by atoms with Gasteiger partial charge in [-0.3, -0.25) is 0 Å². The molecule has 15 heavy (non-hydrogen) atoms. The van der Waals surface area contributed by atoms with Crippen LogP contribution in [0.3, 0.4) is 0 Å². The number of benzene rings is 1. The molecule has 82 valence electrons. The zero-order valence-corrected chi connectivity index (χ0v) is 9.49. The lowest BCUT2D eigenvalue weighted by Gasteiger charge is -2.11. The zero-order chi connectivity index (χ0) is 11.5. The molecule has 0 aliphatic rings. The second kappa shape index (κ2) is 4.46. The van der Waals surface area contributed by atoms with Crippen molar-refractivity contribution in [1.82, 2.24) is 4.31 Å². The Morgan fingerprint density at radius 2 is 1.80 bits per heavy atom. The smallest absolute Gasteiger partial charge is 0.371 e. The molecule has 0 aromatic heterocycles. The van der Waals surface area contributed by atoms with E-state index in [1.54, 1.807) is 30.3 Å². The highest BCUT2D eigenvalue weighted by molar-refractivity contribution is 7.84. The van der Waals surface area contributed by atoms with Gasteiger partial charge >= 0.3 is 10.3 Å². The predicted octanol–water partition coefficient (Wildman–Crippen LogP) is 1.51. The summed E-state index contributed by atoms with van der Waals surface area (Å²) in [5.41, 5.74) is 0.907. The van der Waals surface area contributed by atoms with Crippen molar-refractivity contribution < 1.29 is 12.6 Å². The van der Waals surface area contributed by atoms with Crippen LogP contribution in [0.4, 0.5) is 0 Å². The SMILES string of the molecule is C=Cc1ccc(OS(=O)(=O)N(C)C)cc1. The van der Waals surface area contributed by atoms with E-state index in [0.717, 1.165) is 9.87 Å². The van der Waals surface area contributed by atoms with Gasteiger partial charge in [0.1, 0.15) is 5.75 Å². The third-order valence-corrected chi connectivity index (χ3v) is 3.06. The van der Waals surface area contributed by atoms with Crippen LogP contribution < -0.4 is 4.18 Å². The fourth-order valence-corrected chi connectivity index (χ4v) is 1.36. The van der Waals surface area contributed by atoms with Crippen LogP contribution in [0.25, 0.3) is 6.08 Å². The molecule has 0 heterocycles. The normalized spacial score (nSPS) is 11.4. The molecule has 0 saturated carbocycles. The zero-order valence-electron chi connectivity index (χ0n) is 8.67. The summed E-state index contributed by atoms with van der Waals surface area (Å²) in [6.45, 7) is 3.60. The van der Waals surface area contributed by atoms with E-state index in [-0.39, 0.29) is 5.75 Å². The van der Waals surface area contributed by atoms with Gasteiger partial charge in [0.05, 0.1) is 0 Å². The molecule has 4 nitrogen and oxygen atoms in total. The third kappa shape index (κ3) is 3.07. The van der Waals surface area contributed by atoms with Gasteiger partial charge in [-0.25, -0.2) is 0 Å². The minimum absolute atomic E-state index is 0.286. The van der Waals surface area contributed by atoms with E-state index >= 15 is 0 Å². The number of hydrogen-bond acceptors (Lipinski definition) is 3. The van der Waals surface area contributed by atoms with E-state index in [0.29, 0.717) is 0 Å². The Kier molecular flexibility index (Phi) is 3.49. The standard InChI is InChI=1S/C10H13NO3S/c1-4-9-5-7-10(8-6-9)14-15(12,13)11(2)3/h4-8H,1H2,2-3H3. The lowest BCUT2D eigenvalue weighted by Crippen LogP contribution is -2.26. The van der Waals surface area contributed by atoms with E-state index in [1.807, 2.05) is 0 Å². The fraction of sp³-hybridized carbons (Fsp3) is 0.200. The van der Waals surface area contributed by atoms with Gasteiger partial charge in [-0.15, -0.1) is 0 Å². The first-order valence-electron chi connectivity index (χ1n) is 4.30. The molecule has 0 N–H and O–H groups in total. The summed E-state index contributed by atoms with van der Waals surface area (Å²) in [6.07, 6.45) is 1.67. The van der Waals surface area contributed by atoms with Crippen molar-refractivity contribution in [2.75, 3.05) is 14.1 Å². The van der Waals surface area contributed by atoms with Gasteiger partial charge < -0.3 is 4.18 Å². The maximum Gasteiger partial charge on any atom is 0.384 e. The predicted molar refractivity (Wildman–Crippen MR) is 59.8 cm³/mol. The van der Waals surface area contributed by atoms with Gasteiger partial charge in [-0.1, -0.05) is 24.8 Å². The number of rotatable bonds is 4. The van der Waals surface area contributed by atoms with Crippen molar-refractivity contribution in [3.05, 3.63) is 36.4 Å². The number of hydrogen-bond donors (Lipinski definition) is 0. The van der Waals surface area contributed by atoms with E-state index in [1.165, 1.54) is 14.1 Å². The maximum atomic E-state index is 11.3. The summed E-state index contributed by atoms with van der Waals surface area (Å²) in [4.78, 5) is 0. The van der Waals surface area contributed by atoms with Gasteiger partial charge in [-0.05, 0) is 17.7 Å². The monoisotopic (exact) mass is 227 g/mol. The molecule has 0 unspecified atom stereocenters. The van der Waals surface area contributed by atoms with E-state index in [9.17, 15) is 8.42 Å². The van der Waals surface area contributed by atoms with E-state index in [4.69, 9.17) is 4.18 Å². The highest BCUT2D eigenvalue weighted by atomic mass is 32.2. The minimum Gasteiger partial charge on any atom is -0.371 e. The number of nitrogens with zero attached hydrogens (tertiary/aromatic N) is 1. The molecule has 0 atom stereocenters. The first-order valence-corrected chi connectivity index (χ1v) is 5.66. The van der Waals surface area contributed by atoms with Crippen molar-refractivity contribution in [3.8, 4) is 5.75 Å². The molecule has 1 aromatic rings. The molecule has 5 heteroatoms. The topological polar surface area (TPSA) is 46.6 Å². The van der Waals surface area contributed by atoms with Crippen LogP contribution in [0.15, 0.2) is 30.8 Å². The summed E-state index contributed by atoms with van der Waals surface area (Å²) >= 11 is 0. The van der Waals surface area contributed by atoms with Gasteiger partial charge in [-0.2, -0.15) is 12.7 Å². The highest BCUT2D eigenvalue weighted by Crippen LogP contribution is 2.15. The van der Waals surface area contributed by atoms with Crippen molar-refractivity contribution in [2.45, 2.75) is 0 Å². The van der Waals surface area contributed by atoms with Gasteiger partial charge in [0.2, 0.25) is 0 Å². The molecule has 0 amide bonds. The summed E-state index contributed by atoms with van der Waals surface area (Å²) in [5, 5.41) is 0. The molecular formula is C10H13NO3S. The van der Waals surface area contributed by atoms with Crippen molar-refractivity contribution >= 4 is 16.4 Å². The molecule has 0 fully saturated rings. The van der Waals surface area contributed by atoms with Gasteiger partial charge in [0, 0.05) is 14.1 Å². The van der Waals surface area contributed by atoms with E-state index < -0.39 is 10.3 Å². The third-order valence-electron chi connectivity index (χ3n) is 1.76. The van der Waals surface area contributed by atoms with Crippen molar-refractivity contribution in [3.63, 3.8) is 0 Å². The van der Waals surface area contributed by atoms with Crippen LogP contribution >= 0.6 is 0 Å². The van der Waals surface area contributed by atoms with Gasteiger partial charge in [0.15, 0.2) is 0 Å². The molecule has 0 radical (unpaired) electrons. The van der Waals surface area contributed by atoms with Crippen LogP contribution in [-0.4, -0.2) is 26.8 Å². The molecule has 0 aliphatic heterocycles. The maximum absolute atomic E-state index is 11.3. The van der Waals surface area contributed by atoms with Crippen LogP contribution in [0.1, 0.15) is 5.56 Å². The van der Waals surface area contributed by atoms with Gasteiger partial charge in [0.25, 0.3) is 0 Å². The Hall–Kier alpha value is -1.33. The first-order chi connectivity index (χ1) is 6.95. The van der Waals surface area contributed by atoms with Crippen LogP contribution in [0.2, 0.25) is 0 Å². The Balaban J connectivity index is 2.87. The lowest BCUT2D eigenvalue weighted by molar-refractivity contribution is 0.421. The first kappa shape index (κ1) is 11.7. The summed E-state index contributed by atoms with van der Waals surface area (Å²) in [6, 6.07) is 6.62. The van der Waals surface area contributed by atoms with Crippen LogP contribution in [0.5, 0.6) is 5.75 Å².